The van der Waals surface area contributed by atoms with Crippen molar-refractivity contribution in [1.82, 2.24) is 15.0 Å². The summed E-state index contributed by atoms with van der Waals surface area (Å²) in [5, 5.41) is 1.57. The van der Waals surface area contributed by atoms with Crippen LogP contribution in [0.25, 0.3) is 22.3 Å². The van der Waals surface area contributed by atoms with Crippen LogP contribution in [0.4, 0.5) is 0 Å². The molecular formula is C15H13ClN4O. The maximum atomic E-state index is 6.36. The SMILES string of the molecule is NCC1Cc2cc(-c3ncnc4[nH]ccc34)cc(Cl)c2O1. The Kier molecular flexibility index (Phi) is 2.83. The predicted octanol–water partition coefficient (Wildman–Crippen LogP) is 2.54. The highest BCUT2D eigenvalue weighted by atomic mass is 35.5. The molecular weight excluding hydrogens is 288 g/mol. The first-order chi connectivity index (χ1) is 10.3. The van der Waals surface area contributed by atoms with Crippen LogP contribution >= 0.6 is 11.6 Å². The Morgan fingerprint density at radius 3 is 3.14 bits per heavy atom. The van der Waals surface area contributed by atoms with E-state index in [0.29, 0.717) is 11.6 Å². The molecule has 0 aliphatic carbocycles. The van der Waals surface area contributed by atoms with Crippen LogP contribution in [0.2, 0.25) is 5.02 Å². The topological polar surface area (TPSA) is 76.8 Å². The van der Waals surface area contributed by atoms with Gasteiger partial charge in [-0.15, -0.1) is 0 Å². The maximum absolute atomic E-state index is 6.36. The van der Waals surface area contributed by atoms with Crippen molar-refractivity contribution in [1.29, 1.82) is 0 Å². The summed E-state index contributed by atoms with van der Waals surface area (Å²) in [6.45, 7) is 0.482. The number of rotatable bonds is 2. The fraction of sp³-hybridized carbons (Fsp3) is 0.200. The summed E-state index contributed by atoms with van der Waals surface area (Å²) in [6.07, 6.45) is 4.19. The summed E-state index contributed by atoms with van der Waals surface area (Å²) in [5.41, 5.74) is 9.40. The highest BCUT2D eigenvalue weighted by Gasteiger charge is 2.25. The van der Waals surface area contributed by atoms with E-state index in [1.54, 1.807) is 6.33 Å². The molecule has 2 aromatic heterocycles. The lowest BCUT2D eigenvalue weighted by molar-refractivity contribution is 0.241. The summed E-state index contributed by atoms with van der Waals surface area (Å²) in [7, 11) is 0. The molecule has 0 radical (unpaired) electrons. The Morgan fingerprint density at radius 1 is 1.38 bits per heavy atom. The van der Waals surface area contributed by atoms with Gasteiger partial charge >= 0.3 is 0 Å². The second kappa shape index (κ2) is 4.72. The normalized spacial score (nSPS) is 17.0. The molecule has 6 heteroatoms. The molecule has 1 unspecified atom stereocenters. The standard InChI is InChI=1S/C15H13ClN4O/c16-12-5-8(3-9-4-10(6-17)21-14(9)12)13-11-1-2-18-15(11)20-7-19-13/h1-3,5,7,10H,4,6,17H2,(H,18,19,20). The van der Waals surface area contributed by atoms with Crippen LogP contribution in [0.15, 0.2) is 30.7 Å². The van der Waals surface area contributed by atoms with Crippen molar-refractivity contribution in [2.75, 3.05) is 6.54 Å². The lowest BCUT2D eigenvalue weighted by Crippen LogP contribution is -2.24. The molecule has 5 nitrogen and oxygen atoms in total. The fourth-order valence-corrected chi connectivity index (χ4v) is 3.04. The first-order valence-electron chi connectivity index (χ1n) is 6.74. The van der Waals surface area contributed by atoms with Crippen molar-refractivity contribution in [3.63, 3.8) is 0 Å². The van der Waals surface area contributed by atoms with Crippen LogP contribution in [0.1, 0.15) is 5.56 Å². The van der Waals surface area contributed by atoms with Gasteiger partial charge < -0.3 is 15.5 Å². The number of hydrogen-bond donors (Lipinski definition) is 2. The van der Waals surface area contributed by atoms with Gasteiger partial charge in [0.15, 0.2) is 0 Å². The molecule has 1 aromatic carbocycles. The van der Waals surface area contributed by atoms with E-state index in [1.165, 1.54) is 0 Å². The lowest BCUT2D eigenvalue weighted by atomic mass is 10.0. The molecule has 21 heavy (non-hydrogen) atoms. The Balaban J connectivity index is 1.88. The number of aromatic nitrogens is 3. The van der Waals surface area contributed by atoms with Gasteiger partial charge in [0.2, 0.25) is 0 Å². The average molecular weight is 301 g/mol. The molecule has 3 N–H and O–H groups in total. The minimum atomic E-state index is 0.00502. The van der Waals surface area contributed by atoms with Crippen molar-refractivity contribution in [2.24, 2.45) is 5.73 Å². The van der Waals surface area contributed by atoms with Gasteiger partial charge in [0, 0.05) is 35.7 Å². The van der Waals surface area contributed by atoms with Gasteiger partial charge in [-0.25, -0.2) is 9.97 Å². The molecule has 3 aromatic rings. The zero-order chi connectivity index (χ0) is 14.4. The molecule has 1 aliphatic rings. The number of halogens is 1. The van der Waals surface area contributed by atoms with Gasteiger partial charge in [0.1, 0.15) is 23.8 Å². The monoisotopic (exact) mass is 300 g/mol. The molecule has 0 saturated heterocycles. The number of benzene rings is 1. The number of fused-ring (bicyclic) bond motifs is 2. The second-order valence-corrected chi connectivity index (χ2v) is 5.50. The van der Waals surface area contributed by atoms with Crippen LogP contribution < -0.4 is 10.5 Å². The number of ether oxygens (including phenoxy) is 1. The smallest absolute Gasteiger partial charge is 0.141 e. The Morgan fingerprint density at radius 2 is 2.29 bits per heavy atom. The number of nitrogens with one attached hydrogen (secondary N) is 1. The summed E-state index contributed by atoms with van der Waals surface area (Å²) in [6, 6.07) is 5.92. The third-order valence-electron chi connectivity index (χ3n) is 3.74. The maximum Gasteiger partial charge on any atom is 0.141 e. The largest absolute Gasteiger partial charge is 0.487 e. The predicted molar refractivity (Wildman–Crippen MR) is 81.5 cm³/mol. The van der Waals surface area contributed by atoms with E-state index in [2.05, 4.69) is 21.0 Å². The van der Waals surface area contributed by atoms with E-state index < -0.39 is 0 Å². The zero-order valence-electron chi connectivity index (χ0n) is 11.1. The second-order valence-electron chi connectivity index (χ2n) is 5.09. The number of nitrogens with two attached hydrogens (primary N) is 1. The Labute approximate surface area is 126 Å². The summed E-state index contributed by atoms with van der Waals surface area (Å²) in [5.74, 6) is 0.746. The van der Waals surface area contributed by atoms with E-state index in [0.717, 1.165) is 40.0 Å². The van der Waals surface area contributed by atoms with Gasteiger partial charge in [-0.3, -0.25) is 0 Å². The van der Waals surface area contributed by atoms with Gasteiger partial charge in [-0.1, -0.05) is 11.6 Å². The van der Waals surface area contributed by atoms with E-state index in [4.69, 9.17) is 22.1 Å². The van der Waals surface area contributed by atoms with E-state index in [9.17, 15) is 0 Å². The van der Waals surface area contributed by atoms with Gasteiger partial charge in [0.05, 0.1) is 10.7 Å². The minimum absolute atomic E-state index is 0.00502. The molecule has 0 amide bonds. The quantitative estimate of drug-likeness (QED) is 0.762. The zero-order valence-corrected chi connectivity index (χ0v) is 11.9. The highest BCUT2D eigenvalue weighted by molar-refractivity contribution is 6.32. The molecule has 0 bridgehead atoms. The molecule has 0 fully saturated rings. The summed E-state index contributed by atoms with van der Waals surface area (Å²) < 4.78 is 5.75. The number of H-pyrrole nitrogens is 1. The number of hydrogen-bond acceptors (Lipinski definition) is 4. The van der Waals surface area contributed by atoms with Crippen LogP contribution in [0.5, 0.6) is 5.75 Å². The molecule has 1 atom stereocenters. The van der Waals surface area contributed by atoms with Crippen LogP contribution in [0, 0.1) is 0 Å². The third kappa shape index (κ3) is 1.97. The lowest BCUT2D eigenvalue weighted by Gasteiger charge is -2.08. The molecule has 4 rings (SSSR count). The van der Waals surface area contributed by atoms with Gasteiger partial charge in [-0.2, -0.15) is 0 Å². The molecule has 106 valence electrons. The molecule has 3 heterocycles. The Bertz CT molecular complexity index is 830. The van der Waals surface area contributed by atoms with Crippen LogP contribution in [-0.2, 0) is 6.42 Å². The van der Waals surface area contributed by atoms with Gasteiger partial charge in [0.25, 0.3) is 0 Å². The molecule has 1 aliphatic heterocycles. The van der Waals surface area contributed by atoms with E-state index >= 15 is 0 Å². The average Bonchev–Trinajstić information content (AvgIpc) is 3.12. The van der Waals surface area contributed by atoms with Crippen LogP contribution in [-0.4, -0.2) is 27.6 Å². The summed E-state index contributed by atoms with van der Waals surface area (Å²) in [4.78, 5) is 11.7. The fourth-order valence-electron chi connectivity index (χ4n) is 2.76. The first kappa shape index (κ1) is 12.6. The Hall–Kier alpha value is -2.11. The van der Waals surface area contributed by atoms with E-state index in [-0.39, 0.29) is 6.10 Å². The molecule has 0 spiro atoms. The van der Waals surface area contributed by atoms with Crippen molar-refractivity contribution in [3.05, 3.63) is 41.3 Å². The third-order valence-corrected chi connectivity index (χ3v) is 4.02. The van der Waals surface area contributed by atoms with Crippen molar-refractivity contribution < 1.29 is 4.74 Å². The van der Waals surface area contributed by atoms with Crippen molar-refractivity contribution >= 4 is 22.6 Å². The highest BCUT2D eigenvalue weighted by Crippen LogP contribution is 2.40. The first-order valence-corrected chi connectivity index (χ1v) is 7.11. The summed E-state index contributed by atoms with van der Waals surface area (Å²) >= 11 is 6.36. The van der Waals surface area contributed by atoms with Gasteiger partial charge in [-0.05, 0) is 18.2 Å². The van der Waals surface area contributed by atoms with Crippen molar-refractivity contribution in [2.45, 2.75) is 12.5 Å². The molecule has 0 saturated carbocycles. The van der Waals surface area contributed by atoms with E-state index in [1.807, 2.05) is 18.3 Å². The van der Waals surface area contributed by atoms with Crippen LogP contribution in [0.3, 0.4) is 0 Å². The number of nitrogens with zero attached hydrogens (tertiary/aromatic N) is 2. The van der Waals surface area contributed by atoms with Crippen molar-refractivity contribution in [3.8, 4) is 17.0 Å². The minimum Gasteiger partial charge on any atom is -0.487 e. The number of aromatic amines is 1.